The predicted molar refractivity (Wildman–Crippen MR) is 211 cm³/mol. The molecule has 0 bridgehead atoms. The number of ketones is 1. The number of hydrogen-bond acceptors (Lipinski definition) is 9. The van der Waals surface area contributed by atoms with E-state index in [1.54, 1.807) is 12.1 Å². The van der Waals surface area contributed by atoms with Crippen LogP contribution in [0.1, 0.15) is 161 Å². The largest absolute Gasteiger partial charge is 0.445 e. The molecule has 1 heterocycles. The Balaban J connectivity index is 2.11. The number of aliphatic hydroxyl groups excluding tert-OH is 2. The van der Waals surface area contributed by atoms with Gasteiger partial charge in [-0.3, -0.25) is 25.0 Å². The standard InChI is InChI=1S/C42H72N4O8/c1-4-6-8-10-12-14-16-18-20-25-29-46(37(49)28-24-19-17-15-13-11-9-7-5-2)42(43)40(45-33(3)47)39(51)38(50)36(54-42)30-35(48)31-44-41(52)53-32-34-26-22-21-23-27-34/h21-23,26-27,36,38-40,50-51H,4-20,24-25,28-32,43H2,1-3H3,(H,44,52)(H,45,47)/t36-,38-,39+,40-,42+/m1/s1. The number of rotatable bonds is 29. The van der Waals surface area contributed by atoms with Crippen molar-refractivity contribution in [2.24, 2.45) is 5.73 Å². The van der Waals surface area contributed by atoms with Crippen LogP contribution in [0.4, 0.5) is 4.79 Å². The zero-order chi connectivity index (χ0) is 39.6. The Labute approximate surface area is 324 Å². The molecule has 6 N–H and O–H groups in total. The third-order valence-electron chi connectivity index (χ3n) is 10.2. The number of carbonyl (C=O) groups is 4. The van der Waals surface area contributed by atoms with Gasteiger partial charge in [0, 0.05) is 26.3 Å². The zero-order valence-electron chi connectivity index (χ0n) is 33.5. The second-order valence-electron chi connectivity index (χ2n) is 15.0. The lowest BCUT2D eigenvalue weighted by Gasteiger charge is -2.53. The van der Waals surface area contributed by atoms with E-state index >= 15 is 0 Å². The van der Waals surface area contributed by atoms with Gasteiger partial charge in [0.15, 0.2) is 5.78 Å². The highest BCUT2D eigenvalue weighted by Crippen LogP contribution is 2.32. The molecule has 0 saturated carbocycles. The third-order valence-corrected chi connectivity index (χ3v) is 10.2. The van der Waals surface area contributed by atoms with E-state index in [2.05, 4.69) is 24.5 Å². The first-order chi connectivity index (χ1) is 26.0. The van der Waals surface area contributed by atoms with Crippen molar-refractivity contribution in [1.29, 1.82) is 0 Å². The Kier molecular flexibility index (Phi) is 24.0. The molecule has 0 aliphatic carbocycles. The monoisotopic (exact) mass is 761 g/mol. The number of nitrogens with zero attached hydrogens (tertiary/aromatic N) is 1. The van der Waals surface area contributed by atoms with Crippen molar-refractivity contribution < 1.29 is 38.9 Å². The summed E-state index contributed by atoms with van der Waals surface area (Å²) >= 11 is 0. The van der Waals surface area contributed by atoms with E-state index in [1.165, 1.54) is 82.5 Å². The number of ether oxygens (including phenoxy) is 2. The fourth-order valence-corrected chi connectivity index (χ4v) is 7.06. The first-order valence-electron chi connectivity index (χ1n) is 20.9. The highest BCUT2D eigenvalue weighted by Gasteiger charge is 2.56. The number of unbranched alkanes of at least 4 members (excludes halogenated alkanes) is 17. The lowest BCUT2D eigenvalue weighted by molar-refractivity contribution is -0.276. The number of nitrogens with one attached hydrogen (secondary N) is 2. The second kappa shape index (κ2) is 27.5. The van der Waals surface area contributed by atoms with Gasteiger partial charge in [-0.1, -0.05) is 153 Å². The van der Waals surface area contributed by atoms with Gasteiger partial charge in [-0.15, -0.1) is 0 Å². The number of Topliss-reactive ketones (excluding diaryl/α,β-unsaturated/α-hetero) is 1. The van der Waals surface area contributed by atoms with E-state index < -0.39 is 61.0 Å². The number of alkyl carbamates (subject to hydrolysis) is 1. The molecule has 5 atom stereocenters. The first kappa shape index (κ1) is 47.1. The van der Waals surface area contributed by atoms with Crippen LogP contribution in [0.25, 0.3) is 0 Å². The van der Waals surface area contributed by atoms with Gasteiger partial charge >= 0.3 is 6.09 Å². The molecule has 54 heavy (non-hydrogen) atoms. The molecule has 0 unspecified atom stereocenters. The van der Waals surface area contributed by atoms with Crippen molar-refractivity contribution in [2.75, 3.05) is 13.1 Å². The summed E-state index contributed by atoms with van der Waals surface area (Å²) in [7, 11) is 0. The summed E-state index contributed by atoms with van der Waals surface area (Å²) in [5.41, 5.74) is 7.75. The zero-order valence-corrected chi connectivity index (χ0v) is 33.5. The van der Waals surface area contributed by atoms with Gasteiger partial charge in [-0.2, -0.15) is 0 Å². The van der Waals surface area contributed by atoms with Crippen LogP contribution in [-0.4, -0.2) is 82.1 Å². The lowest BCUT2D eigenvalue weighted by atomic mass is 9.89. The van der Waals surface area contributed by atoms with Gasteiger partial charge in [0.05, 0.1) is 12.6 Å². The molecule has 12 heteroatoms. The summed E-state index contributed by atoms with van der Waals surface area (Å²) in [6.07, 6.45) is 15.2. The van der Waals surface area contributed by atoms with Crippen LogP contribution in [-0.2, 0) is 30.5 Å². The molecule has 0 aromatic heterocycles. The van der Waals surface area contributed by atoms with Crippen molar-refractivity contribution in [3.05, 3.63) is 35.9 Å². The van der Waals surface area contributed by atoms with E-state index in [0.29, 0.717) is 12.8 Å². The Hall–Kier alpha value is -3.06. The lowest BCUT2D eigenvalue weighted by Crippen LogP contribution is -2.79. The minimum atomic E-state index is -2.05. The molecule has 308 valence electrons. The SMILES string of the molecule is CCCCCCCCCCCCN(C(=O)CCCCCCCCCCC)[C@]1(N)O[C@H](CC(=O)CNC(=O)OCc2ccccc2)[C@@H](O)[C@H](O)[C@H]1NC(C)=O. The molecule has 1 aromatic rings. The topological polar surface area (TPSA) is 181 Å². The maximum Gasteiger partial charge on any atom is 0.407 e. The summed E-state index contributed by atoms with van der Waals surface area (Å²) in [4.78, 5) is 53.1. The number of benzene rings is 1. The summed E-state index contributed by atoms with van der Waals surface area (Å²) in [6, 6.07) is 7.74. The minimum Gasteiger partial charge on any atom is -0.445 e. The van der Waals surface area contributed by atoms with E-state index in [0.717, 1.165) is 44.1 Å². The van der Waals surface area contributed by atoms with E-state index in [4.69, 9.17) is 15.2 Å². The van der Waals surface area contributed by atoms with Crippen molar-refractivity contribution in [3.8, 4) is 0 Å². The molecule has 1 aromatic carbocycles. The average molecular weight is 761 g/mol. The Morgan fingerprint density at radius 1 is 0.778 bits per heavy atom. The molecule has 1 aliphatic rings. The maximum atomic E-state index is 14.0. The van der Waals surface area contributed by atoms with Crippen molar-refractivity contribution in [3.63, 3.8) is 0 Å². The predicted octanol–water partition coefficient (Wildman–Crippen LogP) is 6.78. The van der Waals surface area contributed by atoms with E-state index in [-0.39, 0.29) is 25.5 Å². The number of nitrogens with two attached hydrogens (primary N) is 1. The van der Waals surface area contributed by atoms with Gasteiger partial charge < -0.3 is 30.3 Å². The van der Waals surface area contributed by atoms with Gasteiger partial charge in [-0.05, 0) is 18.4 Å². The Bertz CT molecular complexity index is 1200. The molecular formula is C42H72N4O8. The van der Waals surface area contributed by atoms with Gasteiger partial charge in [0.2, 0.25) is 17.7 Å². The summed E-state index contributed by atoms with van der Waals surface area (Å²) in [5, 5.41) is 27.5. The van der Waals surface area contributed by atoms with Gasteiger partial charge in [0.25, 0.3) is 0 Å². The van der Waals surface area contributed by atoms with Crippen molar-refractivity contribution >= 4 is 23.7 Å². The summed E-state index contributed by atoms with van der Waals surface area (Å²) < 4.78 is 11.4. The summed E-state index contributed by atoms with van der Waals surface area (Å²) in [5.74, 6) is -3.36. The highest BCUT2D eigenvalue weighted by molar-refractivity contribution is 5.84. The third kappa shape index (κ3) is 18.0. The van der Waals surface area contributed by atoms with Crippen LogP contribution in [0, 0.1) is 0 Å². The molecule has 1 saturated heterocycles. The highest BCUT2D eigenvalue weighted by atomic mass is 16.6. The van der Waals surface area contributed by atoms with Gasteiger partial charge in [-0.25, -0.2) is 4.79 Å². The van der Waals surface area contributed by atoms with Crippen LogP contribution in [0.2, 0.25) is 0 Å². The Morgan fingerprint density at radius 3 is 1.83 bits per heavy atom. The fourth-order valence-electron chi connectivity index (χ4n) is 7.06. The quantitative estimate of drug-likeness (QED) is 0.0435. The van der Waals surface area contributed by atoms with E-state index in [9.17, 15) is 29.4 Å². The molecule has 3 amide bonds. The van der Waals surface area contributed by atoms with Gasteiger partial charge in [0.1, 0.15) is 24.9 Å². The van der Waals surface area contributed by atoms with Crippen LogP contribution < -0.4 is 16.4 Å². The normalized spacial score (nSPS) is 21.0. The fraction of sp³-hybridized carbons (Fsp3) is 0.762. The first-order valence-corrected chi connectivity index (χ1v) is 20.9. The molecule has 12 nitrogen and oxygen atoms in total. The number of hydrogen-bond donors (Lipinski definition) is 5. The van der Waals surface area contributed by atoms with E-state index in [1.807, 2.05) is 18.2 Å². The number of amides is 3. The average Bonchev–Trinajstić information content (AvgIpc) is 3.15. The van der Waals surface area contributed by atoms with Crippen LogP contribution >= 0.6 is 0 Å². The molecule has 0 spiro atoms. The minimum absolute atomic E-state index is 0.0275. The van der Waals surface area contributed by atoms with Crippen LogP contribution in [0.3, 0.4) is 0 Å². The maximum absolute atomic E-state index is 14.0. The smallest absolute Gasteiger partial charge is 0.407 e. The molecule has 0 radical (unpaired) electrons. The van der Waals surface area contributed by atoms with Crippen LogP contribution in [0.5, 0.6) is 0 Å². The molecular weight excluding hydrogens is 688 g/mol. The molecule has 1 fully saturated rings. The second-order valence-corrected chi connectivity index (χ2v) is 15.0. The van der Waals surface area contributed by atoms with Crippen molar-refractivity contribution in [2.45, 2.75) is 192 Å². The summed E-state index contributed by atoms with van der Waals surface area (Å²) in [6.45, 7) is 5.50. The Morgan fingerprint density at radius 2 is 1.30 bits per heavy atom. The molecule has 2 rings (SSSR count). The van der Waals surface area contributed by atoms with Crippen molar-refractivity contribution in [1.82, 2.24) is 15.5 Å². The van der Waals surface area contributed by atoms with Crippen LogP contribution in [0.15, 0.2) is 30.3 Å². The number of carbonyl (C=O) groups excluding carboxylic acids is 4. The molecule has 1 aliphatic heterocycles. The number of aliphatic hydroxyl groups is 2.